The third-order valence-corrected chi connectivity index (χ3v) is 8.00. The van der Waals surface area contributed by atoms with Crippen molar-refractivity contribution in [1.29, 1.82) is 0 Å². The third-order valence-electron chi connectivity index (χ3n) is 6.15. The van der Waals surface area contributed by atoms with E-state index in [-0.39, 0.29) is 16.2 Å². The molecule has 2 heterocycles. The summed E-state index contributed by atoms with van der Waals surface area (Å²) in [7, 11) is -3.58. The first-order valence-corrected chi connectivity index (χ1v) is 11.4. The minimum absolute atomic E-state index is 0.171. The number of benzene rings is 1. The topological polar surface area (TPSA) is 66.9 Å². The molecule has 0 bridgehead atoms. The number of carbonyl (C=O) groups is 1. The Balaban J connectivity index is 1.63. The number of carbonyl (C=O) groups excluding carboxylic acids is 1. The van der Waals surface area contributed by atoms with E-state index in [2.05, 4.69) is 0 Å². The molecule has 2 fully saturated rings. The number of hydrogen-bond donors (Lipinski definition) is 0. The van der Waals surface area contributed by atoms with Gasteiger partial charge < -0.3 is 9.64 Å². The van der Waals surface area contributed by atoms with Crippen LogP contribution in [0, 0.1) is 11.3 Å². The molecular weight excluding hydrogens is 364 g/mol. The fourth-order valence-corrected chi connectivity index (χ4v) is 5.93. The van der Waals surface area contributed by atoms with Crippen LogP contribution in [0.25, 0.3) is 0 Å². The maximum absolute atomic E-state index is 13.4. The molecule has 0 aromatic heterocycles. The highest BCUT2D eigenvalue weighted by Gasteiger charge is 2.44. The van der Waals surface area contributed by atoms with Crippen molar-refractivity contribution in [3.8, 4) is 5.75 Å². The second kappa shape index (κ2) is 7.09. The molecule has 1 aromatic rings. The molecule has 3 aliphatic rings. The highest BCUT2D eigenvalue weighted by molar-refractivity contribution is 7.89. The lowest BCUT2D eigenvalue weighted by Gasteiger charge is -2.45. The van der Waals surface area contributed by atoms with Gasteiger partial charge in [-0.1, -0.05) is 19.1 Å². The Bertz CT molecular complexity index is 811. The Kier molecular flexibility index (Phi) is 4.93. The van der Waals surface area contributed by atoms with Crippen LogP contribution in [0.3, 0.4) is 0 Å². The second-order valence-electron chi connectivity index (χ2n) is 8.21. The van der Waals surface area contributed by atoms with Crippen molar-refractivity contribution in [1.82, 2.24) is 9.21 Å². The molecule has 4 rings (SSSR count). The highest BCUT2D eigenvalue weighted by atomic mass is 32.2. The first-order chi connectivity index (χ1) is 12.9. The average Bonchev–Trinajstić information content (AvgIpc) is 3.49. The molecule has 0 N–H and O–H groups in total. The van der Waals surface area contributed by atoms with Crippen LogP contribution in [0.5, 0.6) is 5.75 Å². The van der Waals surface area contributed by atoms with E-state index in [0.717, 1.165) is 25.7 Å². The first kappa shape index (κ1) is 18.7. The normalized spacial score (nSPS) is 24.6. The number of para-hydroxylation sites is 1. The van der Waals surface area contributed by atoms with Crippen LogP contribution >= 0.6 is 0 Å². The van der Waals surface area contributed by atoms with Crippen molar-refractivity contribution in [3.63, 3.8) is 0 Å². The summed E-state index contributed by atoms with van der Waals surface area (Å²) >= 11 is 0. The van der Waals surface area contributed by atoms with Gasteiger partial charge >= 0.3 is 0 Å². The van der Waals surface area contributed by atoms with Gasteiger partial charge in [0.1, 0.15) is 10.6 Å². The van der Waals surface area contributed by atoms with E-state index in [9.17, 15) is 13.2 Å². The molecule has 1 saturated heterocycles. The quantitative estimate of drug-likeness (QED) is 0.793. The highest BCUT2D eigenvalue weighted by Crippen LogP contribution is 2.41. The van der Waals surface area contributed by atoms with Gasteiger partial charge in [0.15, 0.2) is 0 Å². The van der Waals surface area contributed by atoms with Gasteiger partial charge in [0.25, 0.3) is 0 Å². The molecule has 2 aliphatic heterocycles. The number of rotatable bonds is 3. The van der Waals surface area contributed by atoms with Crippen molar-refractivity contribution < 1.29 is 17.9 Å². The zero-order chi connectivity index (χ0) is 19.1. The first-order valence-electron chi connectivity index (χ1n) is 9.93. The predicted molar refractivity (Wildman–Crippen MR) is 102 cm³/mol. The predicted octanol–water partition coefficient (Wildman–Crippen LogP) is 2.50. The van der Waals surface area contributed by atoms with E-state index in [4.69, 9.17) is 4.74 Å². The molecule has 6 nitrogen and oxygen atoms in total. The summed E-state index contributed by atoms with van der Waals surface area (Å²) in [5, 5.41) is 0. The van der Waals surface area contributed by atoms with Crippen LogP contribution in [0.1, 0.15) is 39.0 Å². The zero-order valence-corrected chi connectivity index (χ0v) is 16.7. The van der Waals surface area contributed by atoms with Gasteiger partial charge in [-0.2, -0.15) is 4.31 Å². The van der Waals surface area contributed by atoms with Crippen LogP contribution < -0.4 is 4.74 Å². The SMILES string of the molecule is CCC(=O)N1CCC2(CC1)COc1ccccc1S(=O)(=O)N(CC1CC1)C2. The molecule has 0 radical (unpaired) electrons. The van der Waals surface area contributed by atoms with E-state index in [0.29, 0.717) is 50.9 Å². The molecular formula is C20H28N2O4S. The molecule has 7 heteroatoms. The lowest BCUT2D eigenvalue weighted by molar-refractivity contribution is -0.133. The summed E-state index contributed by atoms with van der Waals surface area (Å²) in [5.41, 5.74) is -0.236. The van der Waals surface area contributed by atoms with Gasteiger partial charge in [0.2, 0.25) is 15.9 Å². The van der Waals surface area contributed by atoms with Gasteiger partial charge in [-0.25, -0.2) is 8.42 Å². The molecule has 1 aromatic carbocycles. The van der Waals surface area contributed by atoms with Crippen molar-refractivity contribution in [3.05, 3.63) is 24.3 Å². The fourth-order valence-electron chi connectivity index (χ4n) is 4.16. The Labute approximate surface area is 161 Å². The summed E-state index contributed by atoms with van der Waals surface area (Å²) in [6, 6.07) is 6.96. The van der Waals surface area contributed by atoms with Gasteiger partial charge in [0.05, 0.1) is 6.61 Å². The fraction of sp³-hybridized carbons (Fsp3) is 0.650. The molecule has 1 saturated carbocycles. The van der Waals surface area contributed by atoms with Gasteiger partial charge in [-0.05, 0) is 43.7 Å². The standard InChI is InChI=1S/C20H28N2O4S/c1-2-19(23)21-11-9-20(10-12-21)14-22(13-16-7-8-16)27(24,25)18-6-4-3-5-17(18)26-15-20/h3-6,16H,2,7-15H2,1H3. The Hall–Kier alpha value is -1.60. The Morgan fingerprint density at radius 3 is 2.59 bits per heavy atom. The maximum Gasteiger partial charge on any atom is 0.246 e. The number of likely N-dealkylation sites (tertiary alicyclic amines) is 1. The van der Waals surface area contributed by atoms with Gasteiger partial charge in [-0.3, -0.25) is 4.79 Å². The number of nitrogens with zero attached hydrogens (tertiary/aromatic N) is 2. The summed E-state index contributed by atoms with van der Waals surface area (Å²) in [6.45, 7) is 4.80. The summed E-state index contributed by atoms with van der Waals surface area (Å²) in [6.07, 6.45) is 4.28. The van der Waals surface area contributed by atoms with E-state index in [1.54, 1.807) is 22.5 Å². The summed E-state index contributed by atoms with van der Waals surface area (Å²) in [4.78, 5) is 14.2. The summed E-state index contributed by atoms with van der Waals surface area (Å²) < 4.78 is 34.5. The van der Waals surface area contributed by atoms with Crippen LogP contribution in [-0.4, -0.2) is 56.3 Å². The monoisotopic (exact) mass is 392 g/mol. The molecule has 27 heavy (non-hydrogen) atoms. The van der Waals surface area contributed by atoms with Gasteiger partial charge in [0, 0.05) is 38.0 Å². The molecule has 0 atom stereocenters. The number of fused-ring (bicyclic) bond motifs is 1. The molecule has 0 unspecified atom stereocenters. The van der Waals surface area contributed by atoms with Crippen LogP contribution in [0.15, 0.2) is 29.2 Å². The number of ether oxygens (including phenoxy) is 1. The largest absolute Gasteiger partial charge is 0.492 e. The maximum atomic E-state index is 13.4. The van der Waals surface area contributed by atoms with Crippen molar-refractivity contribution in [2.75, 3.05) is 32.8 Å². The lowest BCUT2D eigenvalue weighted by atomic mass is 9.78. The molecule has 148 valence electrons. The summed E-state index contributed by atoms with van der Waals surface area (Å²) in [5.74, 6) is 1.10. The van der Waals surface area contributed by atoms with E-state index >= 15 is 0 Å². The lowest BCUT2D eigenvalue weighted by Crippen LogP contribution is -2.52. The Morgan fingerprint density at radius 1 is 1.22 bits per heavy atom. The van der Waals surface area contributed by atoms with Crippen LogP contribution in [-0.2, 0) is 14.8 Å². The average molecular weight is 393 g/mol. The minimum atomic E-state index is -3.58. The molecule has 1 aliphatic carbocycles. The third kappa shape index (κ3) is 3.72. The van der Waals surface area contributed by atoms with E-state index in [1.807, 2.05) is 17.9 Å². The minimum Gasteiger partial charge on any atom is -0.492 e. The van der Waals surface area contributed by atoms with Crippen LogP contribution in [0.4, 0.5) is 0 Å². The number of piperidine rings is 1. The number of amides is 1. The van der Waals surface area contributed by atoms with E-state index < -0.39 is 10.0 Å². The molecule has 1 spiro atoms. The second-order valence-corrected chi connectivity index (χ2v) is 10.1. The smallest absolute Gasteiger partial charge is 0.246 e. The zero-order valence-electron chi connectivity index (χ0n) is 15.9. The van der Waals surface area contributed by atoms with Gasteiger partial charge in [-0.15, -0.1) is 0 Å². The van der Waals surface area contributed by atoms with E-state index in [1.165, 1.54) is 0 Å². The van der Waals surface area contributed by atoms with Crippen molar-refractivity contribution in [2.24, 2.45) is 11.3 Å². The number of sulfonamides is 1. The number of hydrogen-bond acceptors (Lipinski definition) is 4. The van der Waals surface area contributed by atoms with Crippen molar-refractivity contribution >= 4 is 15.9 Å². The molecule has 1 amide bonds. The van der Waals surface area contributed by atoms with Crippen LogP contribution in [0.2, 0.25) is 0 Å². The Morgan fingerprint density at radius 2 is 1.93 bits per heavy atom. The van der Waals surface area contributed by atoms with Crippen molar-refractivity contribution in [2.45, 2.75) is 43.9 Å².